The SMILES string of the molecule is C=C(/C=C\C(C#N)=C/C)[C@@]12Oc3cc(Cl)cnc3[C@]1(O)[C@H](O)[C@H](S(=O)(=O)N(C)C)[C@H]2c1ccccc1. The first-order chi connectivity index (χ1) is 17.0. The van der Waals surface area contributed by atoms with Crippen molar-refractivity contribution in [2.24, 2.45) is 0 Å². The van der Waals surface area contributed by atoms with Crippen molar-refractivity contribution in [1.29, 1.82) is 5.26 Å². The van der Waals surface area contributed by atoms with Crippen molar-refractivity contribution < 1.29 is 23.4 Å². The van der Waals surface area contributed by atoms with Crippen molar-refractivity contribution in [3.8, 4) is 11.8 Å². The monoisotopic (exact) mass is 527 g/mol. The quantitative estimate of drug-likeness (QED) is 0.437. The van der Waals surface area contributed by atoms with Gasteiger partial charge in [-0.1, -0.05) is 60.7 Å². The van der Waals surface area contributed by atoms with E-state index in [0.717, 1.165) is 4.31 Å². The summed E-state index contributed by atoms with van der Waals surface area (Å²) >= 11 is 6.15. The number of aliphatic hydroxyl groups is 2. The maximum atomic E-state index is 13.6. The molecule has 0 spiro atoms. The molecule has 0 saturated heterocycles. The second-order valence-electron chi connectivity index (χ2n) is 8.94. The van der Waals surface area contributed by atoms with Gasteiger partial charge in [-0.2, -0.15) is 5.26 Å². The van der Waals surface area contributed by atoms with Gasteiger partial charge < -0.3 is 14.9 Å². The van der Waals surface area contributed by atoms with Crippen LogP contribution in [0.25, 0.3) is 0 Å². The summed E-state index contributed by atoms with van der Waals surface area (Å²) in [5, 5.41) is 32.1. The van der Waals surface area contributed by atoms with E-state index in [0.29, 0.717) is 11.1 Å². The lowest BCUT2D eigenvalue weighted by Gasteiger charge is -2.40. The standard InChI is InChI=1S/C26H26ClN3O5S/c1-5-17(14-28)12-11-16(2)26-21(18-9-7-6-8-10-18)22(36(33,34)30(3)4)24(31)25(26,32)23-20(35-26)13-19(27)15-29-23/h5-13,15,21-22,24,31-32H,2H2,1,3-4H3/b12-11-,17-5+/t21-,22-,24-,25+,26+/m1/s1. The average Bonchev–Trinajstić information content (AvgIpc) is 3.22. The van der Waals surface area contributed by atoms with Gasteiger partial charge in [0.15, 0.2) is 11.2 Å². The molecule has 10 heteroatoms. The van der Waals surface area contributed by atoms with Crippen LogP contribution < -0.4 is 4.74 Å². The second kappa shape index (κ2) is 9.14. The smallest absolute Gasteiger partial charge is 0.219 e. The van der Waals surface area contributed by atoms with E-state index in [2.05, 4.69) is 11.6 Å². The number of sulfonamides is 1. The van der Waals surface area contributed by atoms with Gasteiger partial charge in [-0.15, -0.1) is 0 Å². The zero-order valence-corrected chi connectivity index (χ0v) is 21.5. The number of benzene rings is 1. The molecule has 5 atom stereocenters. The molecule has 1 fully saturated rings. The Balaban J connectivity index is 2.08. The molecule has 188 valence electrons. The van der Waals surface area contributed by atoms with Crippen LogP contribution >= 0.6 is 11.6 Å². The minimum Gasteiger partial charge on any atom is -0.476 e. The Hall–Kier alpha value is -3.00. The normalized spacial score (nSPS) is 29.6. The van der Waals surface area contributed by atoms with E-state index in [4.69, 9.17) is 16.3 Å². The number of nitriles is 1. The van der Waals surface area contributed by atoms with Crippen LogP contribution in [0.5, 0.6) is 5.75 Å². The summed E-state index contributed by atoms with van der Waals surface area (Å²) in [4.78, 5) is 4.26. The van der Waals surface area contributed by atoms with Crippen molar-refractivity contribution in [3.05, 3.63) is 94.8 Å². The number of hydrogen-bond donors (Lipinski definition) is 2. The van der Waals surface area contributed by atoms with Crippen molar-refractivity contribution in [1.82, 2.24) is 9.29 Å². The van der Waals surface area contributed by atoms with E-state index in [1.807, 2.05) is 6.07 Å². The summed E-state index contributed by atoms with van der Waals surface area (Å²) in [5.74, 6) is -1.01. The number of hydrogen-bond acceptors (Lipinski definition) is 7. The lowest BCUT2D eigenvalue weighted by Crippen LogP contribution is -2.55. The molecule has 1 aromatic carbocycles. The van der Waals surface area contributed by atoms with Crippen molar-refractivity contribution in [2.75, 3.05) is 14.1 Å². The summed E-state index contributed by atoms with van der Waals surface area (Å²) in [5.41, 5.74) is -3.28. The van der Waals surface area contributed by atoms with E-state index in [1.54, 1.807) is 43.3 Å². The number of ether oxygens (including phenoxy) is 1. The van der Waals surface area contributed by atoms with Gasteiger partial charge in [0, 0.05) is 31.9 Å². The Kier molecular flexibility index (Phi) is 6.62. The first-order valence-electron chi connectivity index (χ1n) is 11.1. The molecule has 0 unspecified atom stereocenters. The summed E-state index contributed by atoms with van der Waals surface area (Å²) in [7, 11) is -1.44. The average molecular weight is 528 g/mol. The van der Waals surface area contributed by atoms with Crippen LogP contribution in [0.2, 0.25) is 5.02 Å². The molecule has 8 nitrogen and oxygen atoms in total. The number of fused-ring (bicyclic) bond motifs is 3. The van der Waals surface area contributed by atoms with Crippen LogP contribution in [0.3, 0.4) is 0 Å². The molecule has 1 aliphatic heterocycles. The van der Waals surface area contributed by atoms with Crippen LogP contribution in [0, 0.1) is 11.3 Å². The number of rotatable bonds is 6. The van der Waals surface area contributed by atoms with Gasteiger partial charge in [-0.25, -0.2) is 12.7 Å². The molecule has 2 heterocycles. The molecule has 1 saturated carbocycles. The lowest BCUT2D eigenvalue weighted by molar-refractivity contribution is -0.128. The van der Waals surface area contributed by atoms with Gasteiger partial charge in [0.05, 0.1) is 17.0 Å². The molecule has 2 aliphatic rings. The molecule has 0 radical (unpaired) electrons. The maximum absolute atomic E-state index is 13.6. The first kappa shape index (κ1) is 26.1. The zero-order chi connectivity index (χ0) is 26.5. The van der Waals surface area contributed by atoms with E-state index >= 15 is 0 Å². The Morgan fingerprint density at radius 3 is 2.56 bits per heavy atom. The number of aromatic nitrogens is 1. The van der Waals surface area contributed by atoms with Crippen LogP contribution in [-0.2, 0) is 15.6 Å². The molecule has 2 aromatic rings. The van der Waals surface area contributed by atoms with Crippen LogP contribution in [0.15, 0.2) is 78.5 Å². The van der Waals surface area contributed by atoms with Gasteiger partial charge in [-0.3, -0.25) is 4.98 Å². The predicted molar refractivity (Wildman–Crippen MR) is 136 cm³/mol. The van der Waals surface area contributed by atoms with Crippen LogP contribution in [0.4, 0.5) is 0 Å². The number of pyridine rings is 1. The minimum absolute atomic E-state index is 0.0436. The Morgan fingerprint density at radius 1 is 1.31 bits per heavy atom. The number of halogens is 1. The summed E-state index contributed by atoms with van der Waals surface area (Å²) in [6, 6.07) is 12.1. The highest BCUT2D eigenvalue weighted by Gasteiger charge is 2.79. The molecule has 1 aromatic heterocycles. The molecule has 1 aliphatic carbocycles. The molecule has 0 amide bonds. The fourth-order valence-electron chi connectivity index (χ4n) is 5.21. The van der Waals surface area contributed by atoms with E-state index < -0.39 is 38.5 Å². The highest BCUT2D eigenvalue weighted by Crippen LogP contribution is 2.65. The molecule has 2 N–H and O–H groups in total. The summed E-state index contributed by atoms with van der Waals surface area (Å²) in [6.45, 7) is 5.84. The highest BCUT2D eigenvalue weighted by atomic mass is 35.5. The van der Waals surface area contributed by atoms with Crippen molar-refractivity contribution in [2.45, 2.75) is 35.4 Å². The Bertz CT molecular complexity index is 1420. The third kappa shape index (κ3) is 3.52. The lowest BCUT2D eigenvalue weighted by atomic mass is 9.72. The van der Waals surface area contributed by atoms with Gasteiger partial charge >= 0.3 is 0 Å². The van der Waals surface area contributed by atoms with Crippen molar-refractivity contribution in [3.63, 3.8) is 0 Å². The second-order valence-corrected chi connectivity index (χ2v) is 11.7. The number of aliphatic hydroxyl groups excluding tert-OH is 1. The minimum atomic E-state index is -4.17. The highest BCUT2D eigenvalue weighted by molar-refractivity contribution is 7.89. The topological polar surface area (TPSA) is 124 Å². The summed E-state index contributed by atoms with van der Waals surface area (Å²) < 4.78 is 34.7. The van der Waals surface area contributed by atoms with Gasteiger partial charge in [-0.05, 0) is 24.1 Å². The fourth-order valence-corrected chi connectivity index (χ4v) is 7.06. The summed E-state index contributed by atoms with van der Waals surface area (Å²) in [6.07, 6.45) is 4.02. The maximum Gasteiger partial charge on any atom is 0.219 e. The molecule has 0 bridgehead atoms. The van der Waals surface area contributed by atoms with Crippen LogP contribution in [0.1, 0.15) is 24.1 Å². The number of nitrogens with zero attached hydrogens (tertiary/aromatic N) is 3. The third-order valence-corrected chi connectivity index (χ3v) is 9.36. The van der Waals surface area contributed by atoms with E-state index in [9.17, 15) is 23.9 Å². The van der Waals surface area contributed by atoms with Crippen molar-refractivity contribution >= 4 is 21.6 Å². The third-order valence-electron chi connectivity index (χ3n) is 6.92. The van der Waals surface area contributed by atoms with E-state index in [1.165, 1.54) is 38.5 Å². The molecule has 36 heavy (non-hydrogen) atoms. The Labute approximate surface area is 215 Å². The fraction of sp³-hybridized carbons (Fsp3) is 0.308. The van der Waals surface area contributed by atoms with Gasteiger partial charge in [0.25, 0.3) is 0 Å². The predicted octanol–water partition coefficient (Wildman–Crippen LogP) is 3.05. The zero-order valence-electron chi connectivity index (χ0n) is 20.0. The largest absolute Gasteiger partial charge is 0.476 e. The molecular formula is C26H26ClN3O5S. The molecule has 4 rings (SSSR count). The molecular weight excluding hydrogens is 502 g/mol. The van der Waals surface area contributed by atoms with Gasteiger partial charge in [0.2, 0.25) is 10.0 Å². The van der Waals surface area contributed by atoms with Crippen LogP contribution in [-0.4, -0.2) is 59.0 Å². The van der Waals surface area contributed by atoms with Gasteiger partial charge in [0.1, 0.15) is 22.8 Å². The first-order valence-corrected chi connectivity index (χ1v) is 13.0. The Morgan fingerprint density at radius 2 is 1.97 bits per heavy atom. The number of allylic oxidation sites excluding steroid dienone is 3. The van der Waals surface area contributed by atoms with E-state index in [-0.39, 0.29) is 22.0 Å².